The molecule has 0 amide bonds. The van der Waals surface area contributed by atoms with Crippen LogP contribution in [0.4, 0.5) is 15.8 Å². The maximum atomic E-state index is 13.9. The Balaban J connectivity index is 1.44. The van der Waals surface area contributed by atoms with E-state index in [9.17, 15) is 14.8 Å². The van der Waals surface area contributed by atoms with Crippen molar-refractivity contribution in [3.05, 3.63) is 76.5 Å². The number of rotatable bonds is 7. The first kappa shape index (κ1) is 25.6. The predicted octanol–water partition coefficient (Wildman–Crippen LogP) is 4.49. The van der Waals surface area contributed by atoms with Crippen molar-refractivity contribution in [2.24, 2.45) is 0 Å². The third-order valence-corrected chi connectivity index (χ3v) is 8.09. The van der Waals surface area contributed by atoms with Crippen LogP contribution in [0.25, 0.3) is 10.9 Å². The number of aliphatic hydroxyl groups excluding tert-OH is 1. The molecule has 1 unspecified atom stereocenters. The van der Waals surface area contributed by atoms with Crippen molar-refractivity contribution in [3.63, 3.8) is 0 Å². The van der Waals surface area contributed by atoms with Crippen LogP contribution in [0, 0.1) is 17.1 Å². The standard InChI is InChI=1S/C28H28BClFN7O/c29-28(17-4-6-18(31)7-5-17,25-15-38(37-36-25)21-8-9-21)35-20-11-23-26(34-19-2-1-3-22(39)10-19)16(13-32)14-33-27(23)24(30)12-20/h4-7,11-12,14-15,19,21-22,35,39H,1-3,8-10,29H2,(H,33,34)/t19-,22-,28?/m1/s1. The molecule has 0 aliphatic heterocycles. The highest BCUT2D eigenvalue weighted by Gasteiger charge is 2.34. The Labute approximate surface area is 231 Å². The molecule has 2 aromatic carbocycles. The minimum absolute atomic E-state index is 0.0313. The van der Waals surface area contributed by atoms with E-state index in [1.165, 1.54) is 18.3 Å². The second-order valence-electron chi connectivity index (χ2n) is 10.7. The number of pyridine rings is 1. The summed E-state index contributed by atoms with van der Waals surface area (Å²) >= 11 is 6.76. The minimum atomic E-state index is -0.862. The molecule has 2 saturated carbocycles. The summed E-state index contributed by atoms with van der Waals surface area (Å²) in [7, 11) is 1.98. The molecule has 2 heterocycles. The van der Waals surface area contributed by atoms with Crippen LogP contribution >= 0.6 is 11.6 Å². The van der Waals surface area contributed by atoms with Crippen molar-refractivity contribution in [2.45, 2.75) is 62.2 Å². The molecule has 2 aliphatic carbocycles. The summed E-state index contributed by atoms with van der Waals surface area (Å²) in [5, 5.41) is 37.1. The lowest BCUT2D eigenvalue weighted by molar-refractivity contribution is 0.124. The molecule has 2 fully saturated rings. The molecule has 2 aliphatic rings. The highest BCUT2D eigenvalue weighted by molar-refractivity contribution is 6.36. The van der Waals surface area contributed by atoms with Crippen LogP contribution in [0.3, 0.4) is 0 Å². The van der Waals surface area contributed by atoms with Gasteiger partial charge in [-0.1, -0.05) is 28.9 Å². The van der Waals surface area contributed by atoms with E-state index >= 15 is 0 Å². The van der Waals surface area contributed by atoms with Crippen LogP contribution in [0.15, 0.2) is 48.8 Å². The van der Waals surface area contributed by atoms with Gasteiger partial charge in [-0.05, 0) is 68.4 Å². The van der Waals surface area contributed by atoms with E-state index in [0.29, 0.717) is 51.0 Å². The number of hydrogen-bond donors (Lipinski definition) is 3. The van der Waals surface area contributed by atoms with Gasteiger partial charge in [-0.3, -0.25) is 4.98 Å². The number of nitrogens with zero attached hydrogens (tertiary/aromatic N) is 5. The lowest BCUT2D eigenvalue weighted by Gasteiger charge is -2.31. The van der Waals surface area contributed by atoms with E-state index in [-0.39, 0.29) is 18.0 Å². The fourth-order valence-electron chi connectivity index (χ4n) is 5.45. The van der Waals surface area contributed by atoms with Crippen LogP contribution in [0.5, 0.6) is 0 Å². The number of nitriles is 1. The van der Waals surface area contributed by atoms with Crippen molar-refractivity contribution < 1.29 is 9.50 Å². The first-order valence-electron chi connectivity index (χ1n) is 13.3. The summed E-state index contributed by atoms with van der Waals surface area (Å²) in [6.45, 7) is 0. The molecule has 198 valence electrons. The molecular formula is C28H28BClFN7O. The smallest absolute Gasteiger partial charge is 0.148 e. The Morgan fingerprint density at radius 3 is 2.69 bits per heavy atom. The van der Waals surface area contributed by atoms with Crippen molar-refractivity contribution in [1.29, 1.82) is 5.26 Å². The number of aromatic nitrogens is 4. The summed E-state index contributed by atoms with van der Waals surface area (Å²) in [4.78, 5) is 4.47. The second kappa shape index (κ2) is 10.1. The van der Waals surface area contributed by atoms with Crippen molar-refractivity contribution in [3.8, 4) is 6.07 Å². The summed E-state index contributed by atoms with van der Waals surface area (Å²) in [6.07, 6.45) is 8.46. The van der Waals surface area contributed by atoms with Gasteiger partial charge in [0.1, 0.15) is 25.4 Å². The molecule has 2 aromatic heterocycles. The highest BCUT2D eigenvalue weighted by Crippen LogP contribution is 2.39. The van der Waals surface area contributed by atoms with Gasteiger partial charge < -0.3 is 15.7 Å². The van der Waals surface area contributed by atoms with E-state index in [1.54, 1.807) is 18.2 Å². The van der Waals surface area contributed by atoms with Gasteiger partial charge in [-0.2, -0.15) is 5.26 Å². The number of anilines is 2. The molecule has 0 bridgehead atoms. The van der Waals surface area contributed by atoms with Gasteiger partial charge in [0.05, 0.1) is 45.6 Å². The topological polar surface area (TPSA) is 112 Å². The second-order valence-corrected chi connectivity index (χ2v) is 11.2. The van der Waals surface area contributed by atoms with Crippen molar-refractivity contribution in [2.75, 3.05) is 10.6 Å². The SMILES string of the molecule is BC(Nc1cc(Cl)c2ncc(C#N)c(N[C@@H]3CCC[C@@H](O)C3)c2c1)(c1ccc(F)cc1)c1cn(C2CC2)nn1. The summed E-state index contributed by atoms with van der Waals surface area (Å²) in [5.74, 6) is -0.324. The lowest BCUT2D eigenvalue weighted by Crippen LogP contribution is -2.37. The maximum Gasteiger partial charge on any atom is 0.148 e. The molecule has 3 atom stereocenters. The molecule has 6 rings (SSSR count). The third kappa shape index (κ3) is 5.04. The van der Waals surface area contributed by atoms with Crippen molar-refractivity contribution in [1.82, 2.24) is 20.0 Å². The van der Waals surface area contributed by atoms with Crippen LogP contribution in [-0.2, 0) is 5.44 Å². The quantitative estimate of drug-likeness (QED) is 0.295. The van der Waals surface area contributed by atoms with Crippen molar-refractivity contribution >= 4 is 41.7 Å². The summed E-state index contributed by atoms with van der Waals surface area (Å²) in [6, 6.07) is 12.7. The lowest BCUT2D eigenvalue weighted by atomic mass is 9.69. The average Bonchev–Trinajstić information content (AvgIpc) is 3.65. The number of benzene rings is 2. The number of nitrogens with one attached hydrogen (secondary N) is 2. The van der Waals surface area contributed by atoms with Crippen LogP contribution in [0.1, 0.15) is 61.4 Å². The number of hydrogen-bond acceptors (Lipinski definition) is 7. The molecule has 4 aromatic rings. The summed E-state index contributed by atoms with van der Waals surface area (Å²) in [5.41, 5.74) is 2.95. The van der Waals surface area contributed by atoms with Crippen LogP contribution in [0.2, 0.25) is 5.02 Å². The zero-order chi connectivity index (χ0) is 27.1. The Hall–Kier alpha value is -3.68. The zero-order valence-electron chi connectivity index (χ0n) is 21.5. The van der Waals surface area contributed by atoms with Gasteiger partial charge in [0.25, 0.3) is 0 Å². The molecule has 11 heteroatoms. The Morgan fingerprint density at radius 1 is 1.18 bits per heavy atom. The van der Waals surface area contributed by atoms with Crippen LogP contribution < -0.4 is 10.6 Å². The molecular weight excluding hydrogens is 516 g/mol. The maximum absolute atomic E-state index is 13.9. The number of aliphatic hydroxyl groups is 1. The number of fused-ring (bicyclic) bond motifs is 1. The van der Waals surface area contributed by atoms with Gasteiger partial charge in [-0.15, -0.1) is 5.10 Å². The zero-order valence-corrected chi connectivity index (χ0v) is 22.3. The van der Waals surface area contributed by atoms with E-state index in [0.717, 1.165) is 37.7 Å². The monoisotopic (exact) mass is 543 g/mol. The fraction of sp³-hybridized carbons (Fsp3) is 0.357. The Morgan fingerprint density at radius 2 is 1.97 bits per heavy atom. The third-order valence-electron chi connectivity index (χ3n) is 7.80. The Kier molecular flexibility index (Phi) is 6.65. The van der Waals surface area contributed by atoms with Gasteiger partial charge in [0, 0.05) is 23.3 Å². The molecule has 39 heavy (non-hydrogen) atoms. The summed E-state index contributed by atoms with van der Waals surface area (Å²) < 4.78 is 15.7. The van der Waals surface area contributed by atoms with Crippen LogP contribution in [-0.4, -0.2) is 45.1 Å². The van der Waals surface area contributed by atoms with Gasteiger partial charge in [-0.25, -0.2) is 9.07 Å². The normalized spacial score (nSPS) is 20.8. The average molecular weight is 544 g/mol. The largest absolute Gasteiger partial charge is 0.393 e. The predicted molar refractivity (Wildman–Crippen MR) is 151 cm³/mol. The van der Waals surface area contributed by atoms with Gasteiger partial charge >= 0.3 is 0 Å². The molecule has 0 saturated heterocycles. The number of halogens is 2. The fourth-order valence-corrected chi connectivity index (χ4v) is 5.72. The highest BCUT2D eigenvalue weighted by atomic mass is 35.5. The van der Waals surface area contributed by atoms with Gasteiger partial charge in [0.15, 0.2) is 0 Å². The molecule has 0 radical (unpaired) electrons. The first-order valence-corrected chi connectivity index (χ1v) is 13.7. The molecule has 8 nitrogen and oxygen atoms in total. The Bertz CT molecular complexity index is 1570. The molecule has 0 spiro atoms. The molecule has 3 N–H and O–H groups in total. The van der Waals surface area contributed by atoms with Gasteiger partial charge in [0.2, 0.25) is 0 Å². The van der Waals surface area contributed by atoms with E-state index in [4.69, 9.17) is 11.6 Å². The first-order chi connectivity index (χ1) is 18.8. The minimum Gasteiger partial charge on any atom is -0.393 e. The van der Waals surface area contributed by atoms with E-state index < -0.39 is 5.44 Å². The van der Waals surface area contributed by atoms with E-state index in [2.05, 4.69) is 32.0 Å². The van der Waals surface area contributed by atoms with E-state index in [1.807, 2.05) is 24.8 Å².